The maximum Gasteiger partial charge on any atom is 0.158 e. The van der Waals surface area contributed by atoms with E-state index in [2.05, 4.69) is 74.0 Å². The third-order valence-electron chi connectivity index (χ3n) is 4.73. The monoisotopic (exact) mass is 375 g/mol. The van der Waals surface area contributed by atoms with Crippen LogP contribution in [0.1, 0.15) is 20.8 Å². The molecule has 2 aromatic heterocycles. The summed E-state index contributed by atoms with van der Waals surface area (Å²) in [6.07, 6.45) is 3.90. The van der Waals surface area contributed by atoms with Crippen LogP contribution in [0.15, 0.2) is 83.6 Å². The van der Waals surface area contributed by atoms with Gasteiger partial charge in [0.15, 0.2) is 5.76 Å². The van der Waals surface area contributed by atoms with E-state index in [4.69, 9.17) is 16.0 Å². The summed E-state index contributed by atoms with van der Waals surface area (Å²) in [5, 5.41) is 0.735. The molecule has 0 saturated carbocycles. The van der Waals surface area contributed by atoms with Crippen LogP contribution in [0.3, 0.4) is 0 Å². The molecule has 2 heterocycles. The van der Waals surface area contributed by atoms with E-state index >= 15 is 0 Å². The predicted octanol–water partition coefficient (Wildman–Crippen LogP) is 7.49. The summed E-state index contributed by atoms with van der Waals surface area (Å²) in [6.45, 7) is 6.60. The average molecular weight is 376 g/mol. The first-order valence-electron chi connectivity index (χ1n) is 9.06. The standard InChI is InChI=1S/C24H22ClNO/c1-24(2,3)26-15-13-20(18-9-11-19(25)12-10-18)22(26)23-21(14-16-27-23)17-7-5-4-6-8-17/h4-16H,1-3H3. The van der Waals surface area contributed by atoms with Gasteiger partial charge in [0.1, 0.15) is 0 Å². The number of furan rings is 1. The van der Waals surface area contributed by atoms with E-state index in [9.17, 15) is 0 Å². The summed E-state index contributed by atoms with van der Waals surface area (Å²) >= 11 is 6.10. The van der Waals surface area contributed by atoms with Crippen LogP contribution in [0, 0.1) is 0 Å². The van der Waals surface area contributed by atoms with Crippen LogP contribution >= 0.6 is 11.6 Å². The van der Waals surface area contributed by atoms with Gasteiger partial charge in [0.05, 0.1) is 12.0 Å². The molecule has 4 rings (SSSR count). The Labute approximate surface area is 165 Å². The van der Waals surface area contributed by atoms with Crippen LogP contribution in [0.5, 0.6) is 0 Å². The van der Waals surface area contributed by atoms with Gasteiger partial charge in [-0.25, -0.2) is 0 Å². The van der Waals surface area contributed by atoms with Gasteiger partial charge in [0.25, 0.3) is 0 Å². The summed E-state index contributed by atoms with van der Waals surface area (Å²) in [4.78, 5) is 0. The highest BCUT2D eigenvalue weighted by Crippen LogP contribution is 2.41. The van der Waals surface area contributed by atoms with Crippen molar-refractivity contribution in [2.45, 2.75) is 26.3 Å². The maximum atomic E-state index is 6.10. The number of hydrogen-bond donors (Lipinski definition) is 0. The SMILES string of the molecule is CC(C)(C)n1ccc(-c2ccc(Cl)cc2)c1-c1occc1-c1ccccc1. The smallest absolute Gasteiger partial charge is 0.158 e. The van der Waals surface area contributed by atoms with Crippen LogP contribution in [0.4, 0.5) is 0 Å². The van der Waals surface area contributed by atoms with E-state index in [1.165, 1.54) is 0 Å². The summed E-state index contributed by atoms with van der Waals surface area (Å²) in [6, 6.07) is 22.5. The summed E-state index contributed by atoms with van der Waals surface area (Å²) < 4.78 is 8.32. The zero-order valence-electron chi connectivity index (χ0n) is 15.7. The normalized spacial score (nSPS) is 11.7. The number of hydrogen-bond acceptors (Lipinski definition) is 1. The Morgan fingerprint density at radius 1 is 0.778 bits per heavy atom. The molecular formula is C24H22ClNO. The summed E-state index contributed by atoms with van der Waals surface area (Å²) in [5.74, 6) is 0.881. The van der Waals surface area contributed by atoms with Crippen molar-refractivity contribution in [1.82, 2.24) is 4.57 Å². The Morgan fingerprint density at radius 3 is 2.11 bits per heavy atom. The largest absolute Gasteiger partial charge is 0.462 e. The second-order valence-corrected chi connectivity index (χ2v) is 8.09. The molecule has 0 aliphatic heterocycles. The van der Waals surface area contributed by atoms with Crippen molar-refractivity contribution in [3.05, 3.63) is 84.2 Å². The lowest BCUT2D eigenvalue weighted by atomic mass is 9.99. The number of benzene rings is 2. The van der Waals surface area contributed by atoms with Gasteiger partial charge in [-0.2, -0.15) is 0 Å². The second-order valence-electron chi connectivity index (χ2n) is 7.66. The van der Waals surface area contributed by atoms with Crippen LogP contribution < -0.4 is 0 Å². The number of halogens is 1. The quantitative estimate of drug-likeness (QED) is 0.362. The van der Waals surface area contributed by atoms with Crippen LogP contribution in [-0.4, -0.2) is 4.57 Å². The molecule has 0 spiro atoms. The molecule has 0 unspecified atom stereocenters. The molecule has 27 heavy (non-hydrogen) atoms. The van der Waals surface area contributed by atoms with E-state index in [-0.39, 0.29) is 5.54 Å². The lowest BCUT2D eigenvalue weighted by molar-refractivity contribution is 0.399. The maximum absolute atomic E-state index is 6.10. The molecule has 0 N–H and O–H groups in total. The van der Waals surface area contributed by atoms with Gasteiger partial charge in [0, 0.05) is 27.9 Å². The summed E-state index contributed by atoms with van der Waals surface area (Å²) in [7, 11) is 0. The number of nitrogens with zero attached hydrogens (tertiary/aromatic N) is 1. The number of aromatic nitrogens is 1. The van der Waals surface area contributed by atoms with E-state index in [0.29, 0.717) is 0 Å². The van der Waals surface area contributed by atoms with Crippen molar-refractivity contribution in [1.29, 1.82) is 0 Å². The van der Waals surface area contributed by atoms with Gasteiger partial charge in [-0.1, -0.05) is 54.1 Å². The van der Waals surface area contributed by atoms with Crippen LogP contribution in [0.25, 0.3) is 33.7 Å². The minimum atomic E-state index is -0.0826. The Balaban J connectivity index is 1.96. The molecule has 0 saturated heterocycles. The first kappa shape index (κ1) is 17.7. The summed E-state index contributed by atoms with van der Waals surface area (Å²) in [5.41, 5.74) is 5.48. The van der Waals surface area contributed by atoms with Crippen LogP contribution in [0.2, 0.25) is 5.02 Å². The van der Waals surface area contributed by atoms with Gasteiger partial charge in [-0.3, -0.25) is 0 Å². The molecule has 0 atom stereocenters. The fraction of sp³-hybridized carbons (Fsp3) is 0.167. The highest BCUT2D eigenvalue weighted by Gasteiger charge is 2.25. The van der Waals surface area contributed by atoms with Gasteiger partial charge in [-0.05, 0) is 56.2 Å². The van der Waals surface area contributed by atoms with Gasteiger partial charge in [-0.15, -0.1) is 0 Å². The van der Waals surface area contributed by atoms with E-state index < -0.39 is 0 Å². The van der Waals surface area contributed by atoms with Crippen molar-refractivity contribution in [3.63, 3.8) is 0 Å². The van der Waals surface area contributed by atoms with E-state index in [1.807, 2.05) is 24.3 Å². The molecule has 2 nitrogen and oxygen atoms in total. The Morgan fingerprint density at radius 2 is 1.44 bits per heavy atom. The van der Waals surface area contributed by atoms with Crippen molar-refractivity contribution >= 4 is 11.6 Å². The fourth-order valence-electron chi connectivity index (χ4n) is 3.42. The highest BCUT2D eigenvalue weighted by molar-refractivity contribution is 6.30. The molecule has 0 aliphatic rings. The lowest BCUT2D eigenvalue weighted by Gasteiger charge is -2.25. The Bertz CT molecular complexity index is 1050. The minimum absolute atomic E-state index is 0.0826. The molecule has 0 amide bonds. The molecule has 0 fully saturated rings. The Hall–Kier alpha value is -2.71. The van der Waals surface area contributed by atoms with Gasteiger partial charge in [0.2, 0.25) is 0 Å². The predicted molar refractivity (Wildman–Crippen MR) is 113 cm³/mol. The third-order valence-corrected chi connectivity index (χ3v) is 4.98. The zero-order valence-corrected chi connectivity index (χ0v) is 16.5. The van der Waals surface area contributed by atoms with E-state index in [1.54, 1.807) is 6.26 Å². The van der Waals surface area contributed by atoms with Crippen molar-refractivity contribution in [3.8, 4) is 33.7 Å². The molecule has 0 aliphatic carbocycles. The number of rotatable bonds is 3. The first-order valence-corrected chi connectivity index (χ1v) is 9.44. The highest BCUT2D eigenvalue weighted by atomic mass is 35.5. The minimum Gasteiger partial charge on any atom is -0.462 e. The van der Waals surface area contributed by atoms with Gasteiger partial charge < -0.3 is 8.98 Å². The van der Waals surface area contributed by atoms with Gasteiger partial charge >= 0.3 is 0 Å². The van der Waals surface area contributed by atoms with Crippen molar-refractivity contribution in [2.75, 3.05) is 0 Å². The first-order chi connectivity index (χ1) is 12.9. The molecular weight excluding hydrogens is 354 g/mol. The average Bonchev–Trinajstić information content (AvgIpc) is 3.29. The fourth-order valence-corrected chi connectivity index (χ4v) is 3.55. The molecule has 4 aromatic rings. The Kier molecular flexibility index (Phi) is 4.45. The third kappa shape index (κ3) is 3.33. The zero-order chi connectivity index (χ0) is 19.0. The molecule has 0 radical (unpaired) electrons. The molecule has 2 aromatic carbocycles. The molecule has 136 valence electrons. The lowest BCUT2D eigenvalue weighted by Crippen LogP contribution is -2.21. The van der Waals surface area contributed by atoms with Crippen molar-refractivity contribution < 1.29 is 4.42 Å². The molecule has 0 bridgehead atoms. The topological polar surface area (TPSA) is 18.1 Å². The van der Waals surface area contributed by atoms with E-state index in [0.717, 1.165) is 38.7 Å². The van der Waals surface area contributed by atoms with Crippen LogP contribution in [-0.2, 0) is 5.54 Å². The van der Waals surface area contributed by atoms with Crippen molar-refractivity contribution in [2.24, 2.45) is 0 Å². The second kappa shape index (κ2) is 6.79. The molecule has 3 heteroatoms.